The summed E-state index contributed by atoms with van der Waals surface area (Å²) in [6, 6.07) is 0. The van der Waals surface area contributed by atoms with Gasteiger partial charge in [0.2, 0.25) is 0 Å². The molecule has 0 amide bonds. The van der Waals surface area contributed by atoms with Crippen LogP contribution in [-0.2, 0) is 9.53 Å². The lowest BCUT2D eigenvalue weighted by Crippen LogP contribution is -2.30. The molecule has 0 saturated heterocycles. The number of hydrogen-bond acceptors (Lipinski definition) is 4. The Balaban J connectivity index is 2.63. The summed E-state index contributed by atoms with van der Waals surface area (Å²) < 4.78 is 4.68. The Morgan fingerprint density at radius 1 is 1.82 bits per heavy atom. The first kappa shape index (κ1) is 8.23. The van der Waals surface area contributed by atoms with E-state index in [-0.39, 0.29) is 0 Å². The van der Waals surface area contributed by atoms with Crippen LogP contribution in [0.5, 0.6) is 0 Å². The molecule has 1 aliphatic rings. The molecule has 0 aromatic carbocycles. The van der Waals surface area contributed by atoms with Gasteiger partial charge in [-0.3, -0.25) is 0 Å². The fourth-order valence-electron chi connectivity index (χ4n) is 0.998. The highest BCUT2D eigenvalue weighted by Gasteiger charge is 2.29. The fourth-order valence-corrected chi connectivity index (χ4v) is 0.998. The zero-order valence-corrected chi connectivity index (χ0v) is 6.15. The molecule has 0 aliphatic carbocycles. The predicted molar refractivity (Wildman–Crippen MR) is 36.7 cm³/mol. The molecule has 0 spiro atoms. The Morgan fingerprint density at radius 2 is 2.45 bits per heavy atom. The fraction of sp³-hybridized carbons (Fsp3) is 0.571. The molecule has 0 radical (unpaired) electrons. The average molecular weight is 158 g/mol. The van der Waals surface area contributed by atoms with Gasteiger partial charge in [0.15, 0.2) is 6.10 Å². The summed E-state index contributed by atoms with van der Waals surface area (Å²) >= 11 is 0. The van der Waals surface area contributed by atoms with Crippen LogP contribution in [0.1, 0.15) is 6.92 Å². The van der Waals surface area contributed by atoms with Gasteiger partial charge in [-0.1, -0.05) is 0 Å². The summed E-state index contributed by atoms with van der Waals surface area (Å²) in [4.78, 5) is 10.6. The van der Waals surface area contributed by atoms with Gasteiger partial charge in [0.05, 0.1) is 6.61 Å². The van der Waals surface area contributed by atoms with Crippen LogP contribution in [0.2, 0.25) is 0 Å². The van der Waals surface area contributed by atoms with Crippen molar-refractivity contribution in [3.05, 3.63) is 11.6 Å². The molecule has 0 aromatic heterocycles. The predicted octanol–water partition coefficient (Wildman–Crippen LogP) is -0.789. The topological polar surface area (TPSA) is 66.8 Å². The number of aliphatic hydroxyl groups excluding tert-OH is 2. The Labute approximate surface area is 64.1 Å². The van der Waals surface area contributed by atoms with Crippen molar-refractivity contribution in [2.24, 2.45) is 0 Å². The average Bonchev–Trinajstić information content (AvgIpc) is 2.28. The van der Waals surface area contributed by atoms with Crippen LogP contribution in [0.25, 0.3) is 0 Å². The maximum atomic E-state index is 10.6. The molecular weight excluding hydrogens is 148 g/mol. The van der Waals surface area contributed by atoms with Gasteiger partial charge in [-0.2, -0.15) is 0 Å². The minimum absolute atomic E-state index is 0.400. The second-order valence-corrected chi connectivity index (χ2v) is 2.50. The smallest absolute Gasteiger partial charge is 0.331 e. The van der Waals surface area contributed by atoms with Gasteiger partial charge in [-0.15, -0.1) is 0 Å². The Hall–Kier alpha value is -0.870. The van der Waals surface area contributed by atoms with E-state index in [1.165, 1.54) is 6.08 Å². The number of ether oxygens (including phenoxy) is 1. The third kappa shape index (κ3) is 1.58. The van der Waals surface area contributed by atoms with E-state index in [9.17, 15) is 4.79 Å². The molecule has 1 aliphatic heterocycles. The van der Waals surface area contributed by atoms with Crippen LogP contribution in [0, 0.1) is 0 Å². The Kier molecular flexibility index (Phi) is 2.26. The van der Waals surface area contributed by atoms with Crippen molar-refractivity contribution in [2.75, 3.05) is 6.61 Å². The summed E-state index contributed by atoms with van der Waals surface area (Å²) in [7, 11) is 0. The van der Waals surface area contributed by atoms with Crippen molar-refractivity contribution in [2.45, 2.75) is 19.1 Å². The van der Waals surface area contributed by atoms with Gasteiger partial charge >= 0.3 is 5.97 Å². The van der Waals surface area contributed by atoms with E-state index in [0.29, 0.717) is 5.57 Å². The Bertz CT molecular complexity index is 197. The molecule has 0 unspecified atom stereocenters. The highest BCUT2D eigenvalue weighted by molar-refractivity contribution is 5.85. The van der Waals surface area contributed by atoms with Gasteiger partial charge in [0, 0.05) is 6.08 Å². The SMILES string of the molecule is CC1=CC(=O)O[C@@H]1[C@@H](O)CO. The largest absolute Gasteiger partial charge is 0.452 e. The maximum Gasteiger partial charge on any atom is 0.331 e. The number of carbonyl (C=O) groups excluding carboxylic acids is 1. The summed E-state index contributed by atoms with van der Waals surface area (Å²) in [5.41, 5.74) is 0.650. The molecule has 1 heterocycles. The first-order chi connectivity index (χ1) is 5.15. The van der Waals surface area contributed by atoms with Crippen molar-refractivity contribution in [1.29, 1.82) is 0 Å². The van der Waals surface area contributed by atoms with Gasteiger partial charge in [0.1, 0.15) is 6.10 Å². The van der Waals surface area contributed by atoms with E-state index in [1.54, 1.807) is 6.92 Å². The molecular formula is C7H10O4. The lowest BCUT2D eigenvalue weighted by Gasteiger charge is -2.15. The van der Waals surface area contributed by atoms with Crippen molar-refractivity contribution in [1.82, 2.24) is 0 Å². The van der Waals surface area contributed by atoms with Crippen molar-refractivity contribution >= 4 is 5.97 Å². The normalized spacial score (nSPS) is 26.3. The highest BCUT2D eigenvalue weighted by Crippen LogP contribution is 2.17. The molecule has 62 valence electrons. The number of hydrogen-bond donors (Lipinski definition) is 2. The molecule has 0 bridgehead atoms. The standard InChI is InChI=1S/C7H10O4/c1-4-2-6(10)11-7(4)5(9)3-8/h2,5,7-9H,3H2,1H3/t5-,7-/m0/s1. The molecule has 11 heavy (non-hydrogen) atoms. The first-order valence-electron chi connectivity index (χ1n) is 3.33. The van der Waals surface area contributed by atoms with E-state index in [1.807, 2.05) is 0 Å². The third-order valence-corrected chi connectivity index (χ3v) is 1.57. The van der Waals surface area contributed by atoms with Crippen LogP contribution in [-0.4, -0.2) is 35.0 Å². The van der Waals surface area contributed by atoms with Gasteiger partial charge in [0.25, 0.3) is 0 Å². The van der Waals surface area contributed by atoms with Crippen LogP contribution in [0.15, 0.2) is 11.6 Å². The summed E-state index contributed by atoms with van der Waals surface area (Å²) in [6.07, 6.45) is -0.353. The summed E-state index contributed by atoms with van der Waals surface area (Å²) in [5.74, 6) is -0.458. The zero-order chi connectivity index (χ0) is 8.43. The first-order valence-corrected chi connectivity index (χ1v) is 3.33. The molecule has 4 nitrogen and oxygen atoms in total. The molecule has 0 saturated carbocycles. The quantitative estimate of drug-likeness (QED) is 0.517. The number of esters is 1. The van der Waals surface area contributed by atoms with Crippen LogP contribution in [0.4, 0.5) is 0 Å². The molecule has 0 fully saturated rings. The summed E-state index contributed by atoms with van der Waals surface area (Å²) in [6.45, 7) is 1.28. The summed E-state index contributed by atoms with van der Waals surface area (Å²) in [5, 5.41) is 17.6. The molecule has 1 rings (SSSR count). The van der Waals surface area contributed by atoms with E-state index < -0.39 is 24.8 Å². The van der Waals surface area contributed by atoms with E-state index in [0.717, 1.165) is 0 Å². The monoisotopic (exact) mass is 158 g/mol. The zero-order valence-electron chi connectivity index (χ0n) is 6.15. The number of rotatable bonds is 2. The van der Waals surface area contributed by atoms with Crippen molar-refractivity contribution in [3.8, 4) is 0 Å². The van der Waals surface area contributed by atoms with Crippen molar-refractivity contribution < 1.29 is 19.7 Å². The van der Waals surface area contributed by atoms with E-state index in [2.05, 4.69) is 4.74 Å². The second kappa shape index (κ2) is 3.02. The third-order valence-electron chi connectivity index (χ3n) is 1.57. The van der Waals surface area contributed by atoms with E-state index >= 15 is 0 Å². The highest BCUT2D eigenvalue weighted by atomic mass is 16.6. The van der Waals surface area contributed by atoms with E-state index in [4.69, 9.17) is 10.2 Å². The second-order valence-electron chi connectivity index (χ2n) is 2.50. The maximum absolute atomic E-state index is 10.6. The van der Waals surface area contributed by atoms with Crippen molar-refractivity contribution in [3.63, 3.8) is 0 Å². The molecule has 0 aromatic rings. The lowest BCUT2D eigenvalue weighted by atomic mass is 10.1. The van der Waals surface area contributed by atoms with Crippen LogP contribution in [0.3, 0.4) is 0 Å². The van der Waals surface area contributed by atoms with Gasteiger partial charge < -0.3 is 14.9 Å². The van der Waals surface area contributed by atoms with Crippen LogP contribution < -0.4 is 0 Å². The molecule has 2 atom stereocenters. The van der Waals surface area contributed by atoms with Crippen LogP contribution >= 0.6 is 0 Å². The number of aliphatic hydroxyl groups is 2. The molecule has 4 heteroatoms. The van der Waals surface area contributed by atoms with Gasteiger partial charge in [-0.25, -0.2) is 4.79 Å². The minimum Gasteiger partial charge on any atom is -0.452 e. The Morgan fingerprint density at radius 3 is 2.82 bits per heavy atom. The minimum atomic E-state index is -1.00. The molecule has 2 N–H and O–H groups in total. The number of carbonyl (C=O) groups is 1. The van der Waals surface area contributed by atoms with Gasteiger partial charge in [-0.05, 0) is 12.5 Å². The lowest BCUT2D eigenvalue weighted by molar-refractivity contribution is -0.144. The number of cyclic esters (lactones) is 1.